The molecule has 0 bridgehead atoms. The van der Waals surface area contributed by atoms with Gasteiger partial charge in [-0.2, -0.15) is 0 Å². The highest BCUT2D eigenvalue weighted by Crippen LogP contribution is 2.22. The molecule has 0 aromatic carbocycles. The second kappa shape index (κ2) is 2.23. The molecule has 3 nitrogen and oxygen atoms in total. The summed E-state index contributed by atoms with van der Waals surface area (Å²) in [5.41, 5.74) is 6.56. The van der Waals surface area contributed by atoms with E-state index in [4.69, 9.17) is 5.73 Å². The number of halogens is 1. The SMILES string of the molecule is Nc1cc2c(Br)nccc2[nH]1. The van der Waals surface area contributed by atoms with Gasteiger partial charge in [0, 0.05) is 11.6 Å². The maximum absolute atomic E-state index is 5.56. The maximum Gasteiger partial charge on any atom is 0.115 e. The number of rotatable bonds is 0. The summed E-state index contributed by atoms with van der Waals surface area (Å²) in [4.78, 5) is 7.07. The fourth-order valence-electron chi connectivity index (χ4n) is 1.04. The van der Waals surface area contributed by atoms with Crippen LogP contribution in [0, 0.1) is 0 Å². The molecule has 0 spiro atoms. The quantitative estimate of drug-likeness (QED) is 0.655. The van der Waals surface area contributed by atoms with Gasteiger partial charge in [-0.05, 0) is 28.1 Å². The molecule has 0 aliphatic rings. The Kier molecular flexibility index (Phi) is 1.35. The highest BCUT2D eigenvalue weighted by molar-refractivity contribution is 9.10. The standard InChI is InChI=1S/C7H6BrN3/c8-7-4-3-6(9)11-5(4)1-2-10-7/h1-3,11H,9H2. The van der Waals surface area contributed by atoms with Crippen LogP contribution in [0.25, 0.3) is 10.9 Å². The van der Waals surface area contributed by atoms with Crippen LogP contribution < -0.4 is 5.73 Å². The van der Waals surface area contributed by atoms with E-state index in [9.17, 15) is 0 Å². The zero-order chi connectivity index (χ0) is 7.84. The first-order chi connectivity index (χ1) is 5.27. The lowest BCUT2D eigenvalue weighted by Crippen LogP contribution is -1.80. The van der Waals surface area contributed by atoms with Gasteiger partial charge in [0.1, 0.15) is 10.4 Å². The number of pyridine rings is 1. The first kappa shape index (κ1) is 6.67. The van der Waals surface area contributed by atoms with Crippen molar-refractivity contribution in [2.24, 2.45) is 0 Å². The Bertz CT molecular complexity index is 393. The molecule has 0 saturated carbocycles. The minimum atomic E-state index is 0.661. The number of hydrogen-bond acceptors (Lipinski definition) is 2. The van der Waals surface area contributed by atoms with Gasteiger partial charge in [0.05, 0.1) is 5.52 Å². The van der Waals surface area contributed by atoms with Gasteiger partial charge in [-0.3, -0.25) is 0 Å². The number of aromatic nitrogens is 2. The number of nitrogens with two attached hydrogens (primary N) is 1. The van der Waals surface area contributed by atoms with E-state index in [1.165, 1.54) is 0 Å². The number of nitrogens with one attached hydrogen (secondary N) is 1. The summed E-state index contributed by atoms with van der Waals surface area (Å²) >= 11 is 3.32. The van der Waals surface area contributed by atoms with E-state index in [-0.39, 0.29) is 0 Å². The monoisotopic (exact) mass is 211 g/mol. The van der Waals surface area contributed by atoms with Gasteiger partial charge < -0.3 is 10.7 Å². The Balaban J connectivity index is 2.90. The van der Waals surface area contributed by atoms with Crippen molar-refractivity contribution in [1.29, 1.82) is 0 Å². The largest absolute Gasteiger partial charge is 0.385 e. The van der Waals surface area contributed by atoms with E-state index in [0.717, 1.165) is 15.5 Å². The van der Waals surface area contributed by atoms with Crippen LogP contribution in [0.4, 0.5) is 5.82 Å². The summed E-state index contributed by atoms with van der Waals surface area (Å²) in [5.74, 6) is 0.661. The predicted octanol–water partition coefficient (Wildman–Crippen LogP) is 1.91. The van der Waals surface area contributed by atoms with Crippen molar-refractivity contribution in [2.75, 3.05) is 5.73 Å². The minimum Gasteiger partial charge on any atom is -0.385 e. The topological polar surface area (TPSA) is 54.7 Å². The molecule has 0 amide bonds. The van der Waals surface area contributed by atoms with Crippen LogP contribution in [0.3, 0.4) is 0 Å². The molecule has 2 heterocycles. The summed E-state index contributed by atoms with van der Waals surface area (Å²) in [5, 5.41) is 1.02. The van der Waals surface area contributed by atoms with Crippen LogP contribution in [0.15, 0.2) is 22.9 Å². The van der Waals surface area contributed by atoms with Gasteiger partial charge in [-0.25, -0.2) is 4.98 Å². The van der Waals surface area contributed by atoms with Crippen LogP contribution in [0.1, 0.15) is 0 Å². The summed E-state index contributed by atoms with van der Waals surface area (Å²) < 4.78 is 0.822. The van der Waals surface area contributed by atoms with Crippen molar-refractivity contribution in [3.8, 4) is 0 Å². The van der Waals surface area contributed by atoms with Crippen molar-refractivity contribution in [1.82, 2.24) is 9.97 Å². The molecule has 4 heteroatoms. The minimum absolute atomic E-state index is 0.661. The molecule has 0 aliphatic heterocycles. The molecule has 0 fully saturated rings. The van der Waals surface area contributed by atoms with Crippen molar-refractivity contribution < 1.29 is 0 Å². The van der Waals surface area contributed by atoms with Crippen molar-refractivity contribution in [2.45, 2.75) is 0 Å². The Morgan fingerprint density at radius 2 is 2.36 bits per heavy atom. The number of hydrogen-bond donors (Lipinski definition) is 2. The highest BCUT2D eigenvalue weighted by Gasteiger charge is 2.00. The van der Waals surface area contributed by atoms with Crippen molar-refractivity contribution in [3.63, 3.8) is 0 Å². The third-order valence-corrected chi connectivity index (χ3v) is 2.15. The maximum atomic E-state index is 5.56. The van der Waals surface area contributed by atoms with Crippen LogP contribution in [-0.2, 0) is 0 Å². The lowest BCUT2D eigenvalue weighted by atomic mass is 10.3. The average Bonchev–Trinajstić information content (AvgIpc) is 2.31. The Labute approximate surface area is 71.7 Å². The molecule has 56 valence electrons. The van der Waals surface area contributed by atoms with Crippen molar-refractivity contribution in [3.05, 3.63) is 22.9 Å². The number of aromatic amines is 1. The van der Waals surface area contributed by atoms with Crippen LogP contribution in [0.2, 0.25) is 0 Å². The van der Waals surface area contributed by atoms with Crippen molar-refractivity contribution >= 4 is 32.7 Å². The smallest absolute Gasteiger partial charge is 0.115 e. The van der Waals surface area contributed by atoms with E-state index >= 15 is 0 Å². The van der Waals surface area contributed by atoms with E-state index in [1.54, 1.807) is 6.20 Å². The summed E-state index contributed by atoms with van der Waals surface area (Å²) in [7, 11) is 0. The Morgan fingerprint density at radius 1 is 1.55 bits per heavy atom. The fraction of sp³-hybridized carbons (Fsp3) is 0. The fourth-order valence-corrected chi connectivity index (χ4v) is 1.49. The summed E-state index contributed by atoms with van der Waals surface area (Å²) in [6, 6.07) is 3.74. The second-order valence-electron chi connectivity index (χ2n) is 2.29. The highest BCUT2D eigenvalue weighted by atomic mass is 79.9. The normalized spacial score (nSPS) is 10.6. The molecule has 2 rings (SSSR count). The Hall–Kier alpha value is -1.03. The van der Waals surface area contributed by atoms with E-state index in [1.807, 2.05) is 12.1 Å². The molecule has 0 radical (unpaired) electrons. The Morgan fingerprint density at radius 3 is 3.09 bits per heavy atom. The number of anilines is 1. The molecule has 2 aromatic heterocycles. The molecular weight excluding hydrogens is 206 g/mol. The number of nitrogen functional groups attached to an aromatic ring is 1. The third kappa shape index (κ3) is 0.991. The van der Waals surface area contributed by atoms with Gasteiger partial charge in [0.15, 0.2) is 0 Å². The number of fused-ring (bicyclic) bond motifs is 1. The lowest BCUT2D eigenvalue weighted by molar-refractivity contribution is 1.31. The van der Waals surface area contributed by atoms with Crippen LogP contribution >= 0.6 is 15.9 Å². The molecule has 0 aliphatic carbocycles. The molecule has 2 aromatic rings. The first-order valence-corrected chi connectivity index (χ1v) is 3.95. The number of nitrogens with zero attached hydrogens (tertiary/aromatic N) is 1. The van der Waals surface area contributed by atoms with Gasteiger partial charge >= 0.3 is 0 Å². The zero-order valence-corrected chi connectivity index (χ0v) is 7.22. The van der Waals surface area contributed by atoms with Gasteiger partial charge in [-0.15, -0.1) is 0 Å². The molecule has 11 heavy (non-hydrogen) atoms. The van der Waals surface area contributed by atoms with Gasteiger partial charge in [0.2, 0.25) is 0 Å². The first-order valence-electron chi connectivity index (χ1n) is 3.16. The zero-order valence-electron chi connectivity index (χ0n) is 5.63. The van der Waals surface area contributed by atoms with Gasteiger partial charge in [-0.1, -0.05) is 0 Å². The molecule has 0 unspecified atom stereocenters. The summed E-state index contributed by atoms with van der Waals surface area (Å²) in [6.07, 6.45) is 1.72. The summed E-state index contributed by atoms with van der Waals surface area (Å²) in [6.45, 7) is 0. The average molecular weight is 212 g/mol. The van der Waals surface area contributed by atoms with Crippen LogP contribution in [-0.4, -0.2) is 9.97 Å². The van der Waals surface area contributed by atoms with E-state index in [2.05, 4.69) is 25.9 Å². The van der Waals surface area contributed by atoms with E-state index < -0.39 is 0 Å². The predicted molar refractivity (Wildman–Crippen MR) is 48.2 cm³/mol. The van der Waals surface area contributed by atoms with Gasteiger partial charge in [0.25, 0.3) is 0 Å². The molecule has 0 atom stereocenters. The van der Waals surface area contributed by atoms with E-state index in [0.29, 0.717) is 5.82 Å². The third-order valence-electron chi connectivity index (χ3n) is 1.52. The molecular formula is C7H6BrN3. The number of H-pyrrole nitrogens is 1. The second-order valence-corrected chi connectivity index (χ2v) is 3.04. The van der Waals surface area contributed by atoms with Crippen LogP contribution in [0.5, 0.6) is 0 Å². The lowest BCUT2D eigenvalue weighted by Gasteiger charge is -1.89. The molecule has 0 saturated heterocycles. The molecule has 3 N–H and O–H groups in total.